The number of fused-ring (bicyclic) bond motifs is 1. The van der Waals surface area contributed by atoms with Crippen molar-refractivity contribution in [3.63, 3.8) is 0 Å². The first-order valence-corrected chi connectivity index (χ1v) is 13.1. The van der Waals surface area contributed by atoms with Crippen molar-refractivity contribution in [1.82, 2.24) is 9.78 Å². The average Bonchev–Trinajstić information content (AvgIpc) is 3.63. The minimum absolute atomic E-state index is 0.0606. The van der Waals surface area contributed by atoms with Gasteiger partial charge in [-0.15, -0.1) is 0 Å². The summed E-state index contributed by atoms with van der Waals surface area (Å²) in [6.07, 6.45) is -5.74. The Morgan fingerprint density at radius 1 is 1.10 bits per heavy atom. The molecular weight excluding hydrogens is 561 g/mol. The Morgan fingerprint density at radius 2 is 1.81 bits per heavy atom. The fraction of sp³-hybridized carbons (Fsp3) is 0.393. The number of halogens is 3. The minimum Gasteiger partial charge on any atom is -0.497 e. The Labute approximate surface area is 238 Å². The highest BCUT2D eigenvalue weighted by molar-refractivity contribution is 5.91. The molecule has 5 rings (SSSR count). The van der Waals surface area contributed by atoms with Crippen molar-refractivity contribution in [3.8, 4) is 28.4 Å². The zero-order valence-electron chi connectivity index (χ0n) is 22.8. The van der Waals surface area contributed by atoms with Crippen LogP contribution >= 0.6 is 0 Å². The standard InChI is InChI=1S/C28H29F3N4O7/c1-40-19-11-16(12-20(14-19)41-2)24-21-6-8-34(27(38)39)25(21)26(37)35(32-24)23-13-17(3-4-22(23)28(29,30)31)33-7-5-18(15-33)42-10-9-36/h3-4,11-14,18,36H,5-10,15H2,1-2H3,(H,38,39)/t18-/m0/s1. The number of hydrogen-bond donors (Lipinski definition) is 2. The van der Waals surface area contributed by atoms with Crippen LogP contribution in [0.3, 0.4) is 0 Å². The quantitative estimate of drug-likeness (QED) is 0.405. The molecule has 11 nitrogen and oxygen atoms in total. The van der Waals surface area contributed by atoms with Crippen LogP contribution in [0.1, 0.15) is 17.5 Å². The van der Waals surface area contributed by atoms with E-state index in [-0.39, 0.29) is 43.7 Å². The van der Waals surface area contributed by atoms with E-state index in [0.717, 1.165) is 11.0 Å². The molecule has 1 amide bonds. The van der Waals surface area contributed by atoms with Crippen LogP contribution in [0.2, 0.25) is 0 Å². The molecule has 3 heterocycles. The van der Waals surface area contributed by atoms with Crippen LogP contribution in [-0.4, -0.2) is 79.3 Å². The molecule has 42 heavy (non-hydrogen) atoms. The number of amides is 1. The molecule has 2 aliphatic rings. The molecule has 2 aliphatic heterocycles. The van der Waals surface area contributed by atoms with E-state index in [2.05, 4.69) is 5.10 Å². The summed E-state index contributed by atoms with van der Waals surface area (Å²) in [5.74, 6) is 0.742. The van der Waals surface area contributed by atoms with Gasteiger partial charge in [0.05, 0.1) is 50.5 Å². The van der Waals surface area contributed by atoms with Crippen molar-refractivity contribution in [2.24, 2.45) is 0 Å². The van der Waals surface area contributed by atoms with E-state index in [9.17, 15) is 27.9 Å². The first-order valence-electron chi connectivity index (χ1n) is 13.1. The summed E-state index contributed by atoms with van der Waals surface area (Å²) in [7, 11) is 2.87. The monoisotopic (exact) mass is 590 g/mol. The Bertz CT molecular complexity index is 1540. The van der Waals surface area contributed by atoms with Crippen LogP contribution in [0, 0.1) is 0 Å². The van der Waals surface area contributed by atoms with Gasteiger partial charge in [-0.2, -0.15) is 23.0 Å². The predicted octanol–water partition coefficient (Wildman–Crippen LogP) is 3.56. The number of aliphatic hydroxyl groups is 1. The van der Waals surface area contributed by atoms with Gasteiger partial charge in [-0.3, -0.25) is 9.69 Å². The second-order valence-corrected chi connectivity index (χ2v) is 9.83. The number of hydrogen-bond acceptors (Lipinski definition) is 8. The highest BCUT2D eigenvalue weighted by atomic mass is 19.4. The number of benzene rings is 2. The van der Waals surface area contributed by atoms with Gasteiger partial charge in [0, 0.05) is 42.5 Å². The molecule has 0 spiro atoms. The van der Waals surface area contributed by atoms with Crippen molar-refractivity contribution < 1.29 is 42.4 Å². The molecule has 1 fully saturated rings. The van der Waals surface area contributed by atoms with Gasteiger partial charge in [0.15, 0.2) is 0 Å². The minimum atomic E-state index is -4.85. The smallest absolute Gasteiger partial charge is 0.418 e. The lowest BCUT2D eigenvalue weighted by molar-refractivity contribution is -0.137. The number of ether oxygens (including phenoxy) is 3. The molecule has 14 heteroatoms. The summed E-state index contributed by atoms with van der Waals surface area (Å²) >= 11 is 0. The lowest BCUT2D eigenvalue weighted by Crippen LogP contribution is -2.35. The fourth-order valence-corrected chi connectivity index (χ4v) is 5.38. The van der Waals surface area contributed by atoms with Gasteiger partial charge in [0.1, 0.15) is 17.2 Å². The van der Waals surface area contributed by atoms with Crippen molar-refractivity contribution in [3.05, 3.63) is 57.9 Å². The maximum atomic E-state index is 14.3. The molecule has 1 aromatic heterocycles. The average molecular weight is 591 g/mol. The molecule has 2 aromatic carbocycles. The van der Waals surface area contributed by atoms with E-state index < -0.39 is 29.1 Å². The number of methoxy groups -OCH3 is 2. The zero-order valence-corrected chi connectivity index (χ0v) is 22.8. The number of alkyl halides is 3. The van der Waals surface area contributed by atoms with Crippen LogP contribution < -0.4 is 24.8 Å². The van der Waals surface area contributed by atoms with E-state index in [1.807, 2.05) is 4.90 Å². The molecule has 0 bridgehead atoms. The van der Waals surface area contributed by atoms with Crippen molar-refractivity contribution in [2.75, 3.05) is 56.9 Å². The Hall–Kier alpha value is -4.30. The van der Waals surface area contributed by atoms with Gasteiger partial charge in [-0.25, -0.2) is 4.79 Å². The number of aliphatic hydroxyl groups excluding tert-OH is 1. The first kappa shape index (κ1) is 29.2. The van der Waals surface area contributed by atoms with E-state index in [4.69, 9.17) is 19.3 Å². The Balaban J connectivity index is 1.73. The van der Waals surface area contributed by atoms with Crippen molar-refractivity contribution in [1.29, 1.82) is 0 Å². The maximum absolute atomic E-state index is 14.3. The third-order valence-corrected chi connectivity index (χ3v) is 7.35. The molecule has 2 N–H and O–H groups in total. The number of rotatable bonds is 8. The summed E-state index contributed by atoms with van der Waals surface area (Å²) in [6, 6.07) is 8.20. The number of anilines is 2. The molecule has 1 atom stereocenters. The third-order valence-electron chi connectivity index (χ3n) is 7.35. The first-order chi connectivity index (χ1) is 20.0. The van der Waals surface area contributed by atoms with E-state index in [1.165, 1.54) is 26.4 Å². The summed E-state index contributed by atoms with van der Waals surface area (Å²) < 4.78 is 59.9. The van der Waals surface area contributed by atoms with Crippen molar-refractivity contribution >= 4 is 17.5 Å². The molecule has 0 unspecified atom stereocenters. The fourth-order valence-electron chi connectivity index (χ4n) is 5.38. The van der Waals surface area contributed by atoms with Gasteiger partial charge in [0.25, 0.3) is 5.56 Å². The van der Waals surface area contributed by atoms with Crippen LogP contribution in [0.5, 0.6) is 11.5 Å². The van der Waals surface area contributed by atoms with Crippen LogP contribution in [0.15, 0.2) is 41.2 Å². The Kier molecular flexibility index (Phi) is 8.01. The molecule has 0 radical (unpaired) electrons. The number of nitrogens with zero attached hydrogens (tertiary/aromatic N) is 4. The van der Waals surface area contributed by atoms with Gasteiger partial charge >= 0.3 is 12.3 Å². The van der Waals surface area contributed by atoms with Crippen LogP contribution in [0.25, 0.3) is 16.9 Å². The molecule has 224 valence electrons. The molecule has 1 saturated heterocycles. The molecule has 0 aliphatic carbocycles. The third kappa shape index (κ3) is 5.46. The molecule has 0 saturated carbocycles. The lowest BCUT2D eigenvalue weighted by atomic mass is 10.0. The normalized spacial score (nSPS) is 16.6. The topological polar surface area (TPSA) is 127 Å². The summed E-state index contributed by atoms with van der Waals surface area (Å²) in [6.45, 7) is 0.786. The molecular formula is C28H29F3N4O7. The SMILES string of the molecule is COc1cc(OC)cc(-c2nn(-c3cc(N4CC[C@H](OCCO)C4)ccc3C(F)(F)F)c(=O)c3c2CCN3C(=O)O)c1. The van der Waals surface area contributed by atoms with E-state index in [1.54, 1.807) is 18.2 Å². The second kappa shape index (κ2) is 11.5. The van der Waals surface area contributed by atoms with Gasteiger partial charge in [-0.05, 0) is 43.2 Å². The maximum Gasteiger partial charge on any atom is 0.418 e. The highest BCUT2D eigenvalue weighted by Gasteiger charge is 2.38. The van der Waals surface area contributed by atoms with E-state index in [0.29, 0.717) is 52.5 Å². The number of carbonyl (C=O) groups is 1. The van der Waals surface area contributed by atoms with Gasteiger partial charge < -0.3 is 29.3 Å². The van der Waals surface area contributed by atoms with Gasteiger partial charge in [-0.1, -0.05) is 0 Å². The highest BCUT2D eigenvalue weighted by Crippen LogP contribution is 2.39. The lowest BCUT2D eigenvalue weighted by Gasteiger charge is -2.23. The summed E-state index contributed by atoms with van der Waals surface area (Å²) in [5.41, 5.74) is -1.70. The number of aromatic nitrogens is 2. The second-order valence-electron chi connectivity index (χ2n) is 9.83. The number of carboxylic acid groups (broad SMARTS) is 1. The summed E-state index contributed by atoms with van der Waals surface area (Å²) in [4.78, 5) is 28.5. The van der Waals surface area contributed by atoms with Crippen LogP contribution in [0.4, 0.5) is 29.3 Å². The predicted molar refractivity (Wildman–Crippen MR) is 146 cm³/mol. The van der Waals surface area contributed by atoms with Gasteiger partial charge in [0.2, 0.25) is 0 Å². The largest absolute Gasteiger partial charge is 0.497 e. The summed E-state index contributed by atoms with van der Waals surface area (Å²) in [5, 5.41) is 23.3. The van der Waals surface area contributed by atoms with E-state index >= 15 is 0 Å². The van der Waals surface area contributed by atoms with Crippen LogP contribution in [-0.2, 0) is 17.3 Å². The van der Waals surface area contributed by atoms with Crippen molar-refractivity contribution in [2.45, 2.75) is 25.1 Å². The zero-order chi connectivity index (χ0) is 30.2. The Morgan fingerprint density at radius 3 is 2.43 bits per heavy atom. The molecule has 3 aromatic rings.